The molecule has 6 nitrogen and oxygen atoms in total. The van der Waals surface area contributed by atoms with Crippen LogP contribution in [0.1, 0.15) is 22.0 Å². The Kier molecular flexibility index (Phi) is 4.17. The van der Waals surface area contributed by atoms with Gasteiger partial charge < -0.3 is 19.1 Å². The van der Waals surface area contributed by atoms with Gasteiger partial charge in [-0.3, -0.25) is 4.79 Å². The number of fused-ring (bicyclic) bond motifs is 3. The molecular formula is C17H14F3NO5. The van der Waals surface area contributed by atoms with Gasteiger partial charge in [-0.15, -0.1) is 0 Å². The zero-order chi connectivity index (χ0) is 19.2. The summed E-state index contributed by atoms with van der Waals surface area (Å²) in [7, 11) is 2.75. The van der Waals surface area contributed by atoms with Gasteiger partial charge >= 0.3 is 12.1 Å². The number of alkyl halides is 3. The van der Waals surface area contributed by atoms with E-state index in [1.807, 2.05) is 0 Å². The lowest BCUT2D eigenvalue weighted by Crippen LogP contribution is -2.34. The van der Waals surface area contributed by atoms with Crippen LogP contribution in [0.2, 0.25) is 0 Å². The maximum Gasteiger partial charge on any atom is 0.409 e. The second kappa shape index (κ2) is 6.08. The predicted octanol–water partition coefficient (Wildman–Crippen LogP) is 2.89. The third-order valence-corrected chi connectivity index (χ3v) is 4.32. The summed E-state index contributed by atoms with van der Waals surface area (Å²) in [6.45, 7) is 0. The minimum absolute atomic E-state index is 0.0236. The molecule has 0 amide bonds. The van der Waals surface area contributed by atoms with Gasteiger partial charge in [0.2, 0.25) is 0 Å². The van der Waals surface area contributed by atoms with Crippen LogP contribution in [-0.2, 0) is 6.42 Å². The number of hydrogen-bond acceptors (Lipinski definition) is 4. The Balaban J connectivity index is 2.34. The minimum Gasteiger partial charge on any atom is -0.493 e. The van der Waals surface area contributed by atoms with Crippen LogP contribution in [0.15, 0.2) is 29.2 Å². The summed E-state index contributed by atoms with van der Waals surface area (Å²) >= 11 is 0. The van der Waals surface area contributed by atoms with Gasteiger partial charge in [0.05, 0.1) is 19.9 Å². The molecule has 3 rings (SSSR count). The third-order valence-electron chi connectivity index (χ3n) is 4.32. The number of rotatable bonds is 3. The maximum absolute atomic E-state index is 13.6. The molecule has 1 aliphatic rings. The van der Waals surface area contributed by atoms with Crippen LogP contribution in [0.4, 0.5) is 13.2 Å². The molecule has 0 spiro atoms. The molecule has 0 bridgehead atoms. The van der Waals surface area contributed by atoms with Crippen LogP contribution in [0.3, 0.4) is 0 Å². The number of ether oxygens (including phenoxy) is 2. The topological polar surface area (TPSA) is 77.8 Å². The van der Waals surface area contributed by atoms with Gasteiger partial charge in [0.1, 0.15) is 11.6 Å². The molecule has 1 aromatic carbocycles. The second-order valence-electron chi connectivity index (χ2n) is 5.77. The lowest BCUT2D eigenvalue weighted by atomic mass is 9.91. The highest BCUT2D eigenvalue weighted by atomic mass is 19.4. The number of methoxy groups -OCH3 is 2. The molecule has 0 radical (unpaired) electrons. The van der Waals surface area contributed by atoms with E-state index in [1.165, 1.54) is 26.4 Å². The zero-order valence-corrected chi connectivity index (χ0v) is 13.8. The Morgan fingerprint density at radius 3 is 2.35 bits per heavy atom. The molecule has 1 unspecified atom stereocenters. The summed E-state index contributed by atoms with van der Waals surface area (Å²) in [5, 5.41) is 9.07. The number of carbonyl (C=O) groups is 1. The van der Waals surface area contributed by atoms with Crippen molar-refractivity contribution >= 4 is 5.97 Å². The average molecular weight is 369 g/mol. The van der Waals surface area contributed by atoms with Gasteiger partial charge in [-0.25, -0.2) is 4.79 Å². The number of nitrogens with zero attached hydrogens (tertiary/aromatic N) is 1. The number of hydrogen-bond donors (Lipinski definition) is 1. The SMILES string of the molecule is COc1cc2c(cc1OC)-c1cc(=O)c(C(=O)O)cn1C(C(F)(F)F)C2. The van der Waals surface area contributed by atoms with E-state index in [2.05, 4.69) is 0 Å². The highest BCUT2D eigenvalue weighted by Crippen LogP contribution is 2.45. The maximum atomic E-state index is 13.6. The van der Waals surface area contributed by atoms with Crippen LogP contribution in [-0.4, -0.2) is 36.0 Å². The van der Waals surface area contributed by atoms with E-state index in [0.717, 1.165) is 16.8 Å². The van der Waals surface area contributed by atoms with Crippen LogP contribution in [0.5, 0.6) is 11.5 Å². The van der Waals surface area contributed by atoms with Gasteiger partial charge in [0, 0.05) is 24.2 Å². The predicted molar refractivity (Wildman–Crippen MR) is 85.0 cm³/mol. The Morgan fingerprint density at radius 2 is 1.81 bits per heavy atom. The lowest BCUT2D eigenvalue weighted by Gasteiger charge is -2.32. The summed E-state index contributed by atoms with van der Waals surface area (Å²) in [5.74, 6) is -1.02. The van der Waals surface area contributed by atoms with Gasteiger partial charge in [-0.1, -0.05) is 0 Å². The Labute approximate surface area is 145 Å². The molecule has 1 atom stereocenters. The third kappa shape index (κ3) is 2.79. The van der Waals surface area contributed by atoms with Gasteiger partial charge in [0.25, 0.3) is 0 Å². The van der Waals surface area contributed by atoms with Crippen molar-refractivity contribution < 1.29 is 32.5 Å². The number of pyridine rings is 1. The van der Waals surface area contributed by atoms with Gasteiger partial charge in [-0.2, -0.15) is 13.2 Å². The monoisotopic (exact) mass is 369 g/mol. The van der Waals surface area contributed by atoms with Crippen molar-refractivity contribution in [3.05, 3.63) is 45.7 Å². The molecule has 2 aromatic rings. The van der Waals surface area contributed by atoms with E-state index in [1.54, 1.807) is 0 Å². The first-order chi connectivity index (χ1) is 12.2. The van der Waals surface area contributed by atoms with Crippen LogP contribution >= 0.6 is 0 Å². The normalized spacial score (nSPS) is 15.8. The molecule has 138 valence electrons. The largest absolute Gasteiger partial charge is 0.493 e. The molecule has 26 heavy (non-hydrogen) atoms. The second-order valence-corrected chi connectivity index (χ2v) is 5.77. The van der Waals surface area contributed by atoms with Crippen LogP contribution in [0, 0.1) is 0 Å². The van der Waals surface area contributed by atoms with E-state index in [0.29, 0.717) is 11.1 Å². The van der Waals surface area contributed by atoms with E-state index < -0.39 is 35.6 Å². The molecule has 1 aromatic heterocycles. The van der Waals surface area contributed by atoms with Crippen molar-refractivity contribution in [3.8, 4) is 22.8 Å². The van der Waals surface area contributed by atoms with Crippen molar-refractivity contribution in [3.63, 3.8) is 0 Å². The number of carboxylic acid groups (broad SMARTS) is 1. The quantitative estimate of drug-likeness (QED) is 0.900. The lowest BCUT2D eigenvalue weighted by molar-refractivity contribution is -0.167. The summed E-state index contributed by atoms with van der Waals surface area (Å²) in [4.78, 5) is 23.2. The highest BCUT2D eigenvalue weighted by Gasteiger charge is 2.44. The number of aromatic nitrogens is 1. The van der Waals surface area contributed by atoms with Gasteiger partial charge in [0.15, 0.2) is 16.9 Å². The van der Waals surface area contributed by atoms with E-state index in [9.17, 15) is 22.8 Å². The average Bonchev–Trinajstić information content (AvgIpc) is 2.58. The number of aromatic carboxylic acids is 1. The summed E-state index contributed by atoms with van der Waals surface area (Å²) < 4.78 is 51.8. The Morgan fingerprint density at radius 1 is 1.19 bits per heavy atom. The highest BCUT2D eigenvalue weighted by molar-refractivity contribution is 5.88. The molecule has 2 heterocycles. The summed E-state index contributed by atoms with van der Waals surface area (Å²) in [6, 6.07) is 1.83. The first-order valence-electron chi connectivity index (χ1n) is 7.48. The van der Waals surface area contributed by atoms with Crippen LogP contribution in [0.25, 0.3) is 11.3 Å². The molecular weight excluding hydrogens is 355 g/mol. The van der Waals surface area contributed by atoms with Crippen molar-refractivity contribution in [1.82, 2.24) is 4.57 Å². The van der Waals surface area contributed by atoms with Crippen molar-refractivity contribution in [2.45, 2.75) is 18.6 Å². The fourth-order valence-corrected chi connectivity index (χ4v) is 3.09. The summed E-state index contributed by atoms with van der Waals surface area (Å²) in [5.41, 5.74) is -0.923. The Bertz CT molecular complexity index is 949. The summed E-state index contributed by atoms with van der Waals surface area (Å²) in [6.07, 6.45) is -4.31. The first kappa shape index (κ1) is 17.8. The molecule has 0 aliphatic carbocycles. The molecule has 1 N–H and O–H groups in total. The van der Waals surface area contributed by atoms with Crippen molar-refractivity contribution in [2.24, 2.45) is 0 Å². The van der Waals surface area contributed by atoms with E-state index in [-0.39, 0.29) is 17.2 Å². The first-order valence-corrected chi connectivity index (χ1v) is 7.48. The number of carboxylic acids is 1. The Hall–Kier alpha value is -2.97. The van der Waals surface area contributed by atoms with E-state index in [4.69, 9.17) is 14.6 Å². The van der Waals surface area contributed by atoms with Crippen molar-refractivity contribution in [2.75, 3.05) is 14.2 Å². The standard InChI is InChI=1S/C17H14F3NO5/c1-25-13-3-8-4-15(17(18,19)20)21-7-10(16(23)24)12(22)6-11(21)9(8)5-14(13)26-2/h3,5-7,15H,4H2,1-2H3,(H,23,24). The van der Waals surface area contributed by atoms with Crippen LogP contribution < -0.4 is 14.9 Å². The fourth-order valence-electron chi connectivity index (χ4n) is 3.09. The zero-order valence-electron chi connectivity index (χ0n) is 13.8. The molecule has 9 heteroatoms. The minimum atomic E-state index is -4.63. The fraction of sp³-hybridized carbons (Fsp3) is 0.294. The number of benzene rings is 1. The molecule has 1 aliphatic heterocycles. The van der Waals surface area contributed by atoms with E-state index >= 15 is 0 Å². The number of halogens is 3. The van der Waals surface area contributed by atoms with Crippen molar-refractivity contribution in [1.29, 1.82) is 0 Å². The molecule has 0 saturated carbocycles. The smallest absolute Gasteiger partial charge is 0.409 e. The molecule has 0 saturated heterocycles. The molecule has 0 fully saturated rings. The van der Waals surface area contributed by atoms with Gasteiger partial charge in [-0.05, 0) is 17.7 Å².